The first-order valence-corrected chi connectivity index (χ1v) is 9.25. The molecule has 0 saturated carbocycles. The van der Waals surface area contributed by atoms with Gasteiger partial charge in [0.15, 0.2) is 0 Å². The molecule has 0 aromatic heterocycles. The molecule has 0 atom stereocenters. The summed E-state index contributed by atoms with van der Waals surface area (Å²) in [5, 5.41) is 0. The van der Waals surface area contributed by atoms with Crippen LogP contribution in [0.5, 0.6) is 0 Å². The van der Waals surface area contributed by atoms with E-state index in [9.17, 15) is 4.57 Å². The van der Waals surface area contributed by atoms with Crippen molar-refractivity contribution in [2.75, 3.05) is 6.61 Å². The van der Waals surface area contributed by atoms with E-state index in [1.165, 1.54) is 11.1 Å². The van der Waals surface area contributed by atoms with Crippen molar-refractivity contribution >= 4 is 7.82 Å². The molecule has 0 aliphatic rings. The molecule has 23 heavy (non-hydrogen) atoms. The van der Waals surface area contributed by atoms with Crippen LogP contribution in [0.4, 0.5) is 0 Å². The Labute approximate surface area is 139 Å². The fourth-order valence-electron chi connectivity index (χ4n) is 2.07. The van der Waals surface area contributed by atoms with E-state index in [0.29, 0.717) is 6.42 Å². The lowest BCUT2D eigenvalue weighted by molar-refractivity contribution is 0.178. The van der Waals surface area contributed by atoms with Crippen LogP contribution >= 0.6 is 7.82 Å². The first kappa shape index (κ1) is 19.5. The predicted octanol–water partition coefficient (Wildman–Crippen LogP) is 5.75. The molecule has 5 heteroatoms. The molecule has 1 aromatic rings. The summed E-state index contributed by atoms with van der Waals surface area (Å²) < 4.78 is 26.9. The fourth-order valence-corrected chi connectivity index (χ4v) is 2.96. The summed E-state index contributed by atoms with van der Waals surface area (Å²) in [5.41, 5.74) is 2.73. The van der Waals surface area contributed by atoms with Crippen LogP contribution in [-0.2, 0) is 30.0 Å². The van der Waals surface area contributed by atoms with Crippen molar-refractivity contribution in [2.24, 2.45) is 0 Å². The highest BCUT2D eigenvalue weighted by Crippen LogP contribution is 2.49. The van der Waals surface area contributed by atoms with Crippen molar-refractivity contribution < 1.29 is 18.1 Å². The highest BCUT2D eigenvalue weighted by Gasteiger charge is 2.26. The second-order valence-electron chi connectivity index (χ2n) is 5.87. The van der Waals surface area contributed by atoms with Crippen LogP contribution in [0.3, 0.4) is 0 Å². The minimum Gasteiger partial charge on any atom is -0.404 e. The smallest absolute Gasteiger partial charge is 0.404 e. The Hall–Kier alpha value is -1.51. The highest BCUT2D eigenvalue weighted by molar-refractivity contribution is 7.48. The molecule has 0 heterocycles. The van der Waals surface area contributed by atoms with Crippen molar-refractivity contribution in [3.63, 3.8) is 0 Å². The Bertz CT molecular complexity index is 552. The topological polar surface area (TPSA) is 44.8 Å². The van der Waals surface area contributed by atoms with E-state index in [1.54, 1.807) is 0 Å². The van der Waals surface area contributed by atoms with Crippen LogP contribution in [0.25, 0.3) is 0 Å². The summed E-state index contributed by atoms with van der Waals surface area (Å²) in [6, 6.07) is 8.56. The molecule has 0 aliphatic heterocycles. The lowest BCUT2D eigenvalue weighted by Crippen LogP contribution is -2.15. The van der Waals surface area contributed by atoms with Crippen LogP contribution in [-0.4, -0.2) is 6.61 Å². The van der Waals surface area contributed by atoms with Crippen LogP contribution in [0.15, 0.2) is 49.9 Å². The van der Waals surface area contributed by atoms with E-state index in [4.69, 9.17) is 13.6 Å². The molecule has 0 unspecified atom stereocenters. The zero-order chi connectivity index (χ0) is 17.3. The van der Waals surface area contributed by atoms with Crippen LogP contribution in [0.1, 0.15) is 44.7 Å². The summed E-state index contributed by atoms with van der Waals surface area (Å²) in [5.74, 6) is 0. The molecule has 128 valence electrons. The van der Waals surface area contributed by atoms with Gasteiger partial charge < -0.3 is 9.05 Å². The fraction of sp³-hybridized carbons (Fsp3) is 0.444. The molecular formula is C18H27O4P. The lowest BCUT2D eigenvalue weighted by atomic mass is 9.81. The third-order valence-electron chi connectivity index (χ3n) is 3.86. The van der Waals surface area contributed by atoms with Gasteiger partial charge in [0.2, 0.25) is 0 Å². The molecule has 0 N–H and O–H groups in total. The number of aryl methyl sites for hydroxylation is 1. The van der Waals surface area contributed by atoms with Gasteiger partial charge in [-0.1, -0.05) is 58.2 Å². The van der Waals surface area contributed by atoms with Crippen molar-refractivity contribution in [3.05, 3.63) is 61.1 Å². The van der Waals surface area contributed by atoms with Gasteiger partial charge in [0.1, 0.15) is 0 Å². The van der Waals surface area contributed by atoms with Crippen molar-refractivity contribution in [3.8, 4) is 0 Å². The Morgan fingerprint density at radius 2 is 1.87 bits per heavy atom. The van der Waals surface area contributed by atoms with Gasteiger partial charge in [-0.15, -0.1) is 0 Å². The molecule has 4 nitrogen and oxygen atoms in total. The van der Waals surface area contributed by atoms with Crippen LogP contribution in [0, 0.1) is 0 Å². The summed E-state index contributed by atoms with van der Waals surface area (Å²) in [6.07, 6.45) is 4.71. The molecule has 0 radical (unpaired) electrons. The van der Waals surface area contributed by atoms with E-state index in [1.807, 2.05) is 0 Å². The van der Waals surface area contributed by atoms with Gasteiger partial charge in [-0.25, -0.2) is 4.57 Å². The normalized spacial score (nSPS) is 11.8. The standard InChI is InChI=1S/C18H27O4P/c1-6-18(4,5)17-13-9-11-16(15-17)12-10-14-22-23(19,20-7-2)21-8-3/h7-9,11,13,15H,2-3,6,10,12,14H2,1,4-5H3. The Morgan fingerprint density at radius 3 is 2.43 bits per heavy atom. The molecule has 0 aliphatic carbocycles. The minimum atomic E-state index is -3.62. The summed E-state index contributed by atoms with van der Waals surface area (Å²) >= 11 is 0. The van der Waals surface area contributed by atoms with Crippen molar-refractivity contribution in [1.82, 2.24) is 0 Å². The zero-order valence-corrected chi connectivity index (χ0v) is 15.2. The second-order valence-corrected chi connectivity index (χ2v) is 7.44. The number of rotatable bonds is 11. The van der Waals surface area contributed by atoms with Gasteiger partial charge in [0, 0.05) is 0 Å². The predicted molar refractivity (Wildman–Crippen MR) is 94.2 cm³/mol. The Balaban J connectivity index is 2.56. The number of phosphoric ester groups is 1. The van der Waals surface area contributed by atoms with Crippen LogP contribution < -0.4 is 0 Å². The quantitative estimate of drug-likeness (QED) is 0.293. The van der Waals surface area contributed by atoms with Gasteiger partial charge >= 0.3 is 7.82 Å². The maximum absolute atomic E-state index is 12.0. The third-order valence-corrected chi connectivity index (χ3v) is 5.17. The van der Waals surface area contributed by atoms with E-state index < -0.39 is 7.82 Å². The van der Waals surface area contributed by atoms with Gasteiger partial charge in [-0.2, -0.15) is 0 Å². The molecule has 0 saturated heterocycles. The number of phosphoric acid groups is 1. The van der Waals surface area contributed by atoms with Gasteiger partial charge in [0.25, 0.3) is 0 Å². The average molecular weight is 338 g/mol. The summed E-state index contributed by atoms with van der Waals surface area (Å²) in [4.78, 5) is 0. The SMILES string of the molecule is C=COP(=O)(OC=C)OCCCc1cccc(C(C)(C)CC)c1. The summed E-state index contributed by atoms with van der Waals surface area (Å²) in [6.45, 7) is 13.6. The number of benzene rings is 1. The van der Waals surface area contributed by atoms with E-state index in [0.717, 1.165) is 25.4 Å². The van der Waals surface area contributed by atoms with Gasteiger partial charge in [0.05, 0.1) is 19.1 Å². The monoisotopic (exact) mass is 338 g/mol. The molecule has 0 bridgehead atoms. The molecule has 0 amide bonds. The van der Waals surface area contributed by atoms with E-state index >= 15 is 0 Å². The van der Waals surface area contributed by atoms with Crippen LogP contribution in [0.2, 0.25) is 0 Å². The third kappa shape index (κ3) is 6.25. The molecule has 0 fully saturated rings. The first-order valence-electron chi connectivity index (χ1n) is 7.79. The molecule has 0 spiro atoms. The maximum Gasteiger partial charge on any atom is 0.586 e. The van der Waals surface area contributed by atoms with E-state index in [-0.39, 0.29) is 12.0 Å². The largest absolute Gasteiger partial charge is 0.586 e. The van der Waals surface area contributed by atoms with E-state index in [2.05, 4.69) is 58.2 Å². The second kappa shape index (κ2) is 8.95. The number of hydrogen-bond acceptors (Lipinski definition) is 4. The molecule has 1 rings (SSSR count). The molecule has 1 aromatic carbocycles. The maximum atomic E-state index is 12.0. The average Bonchev–Trinajstić information content (AvgIpc) is 2.52. The minimum absolute atomic E-state index is 0.164. The van der Waals surface area contributed by atoms with Crippen molar-refractivity contribution in [2.45, 2.75) is 45.4 Å². The van der Waals surface area contributed by atoms with Gasteiger partial charge in [-0.05, 0) is 35.8 Å². The number of hydrogen-bond donors (Lipinski definition) is 0. The first-order chi connectivity index (χ1) is 10.9. The lowest BCUT2D eigenvalue weighted by Gasteiger charge is -2.24. The zero-order valence-electron chi connectivity index (χ0n) is 14.3. The Morgan fingerprint density at radius 1 is 1.22 bits per heavy atom. The summed E-state index contributed by atoms with van der Waals surface area (Å²) in [7, 11) is -3.62. The van der Waals surface area contributed by atoms with Gasteiger partial charge in [-0.3, -0.25) is 4.52 Å². The highest BCUT2D eigenvalue weighted by atomic mass is 31.2. The molecular weight excluding hydrogens is 311 g/mol. The van der Waals surface area contributed by atoms with Crippen molar-refractivity contribution in [1.29, 1.82) is 0 Å². The Kier molecular flexibility index (Phi) is 7.60.